The lowest BCUT2D eigenvalue weighted by Gasteiger charge is -2.43. The van der Waals surface area contributed by atoms with E-state index in [0.29, 0.717) is 0 Å². The van der Waals surface area contributed by atoms with Gasteiger partial charge in [0.15, 0.2) is 0 Å². The lowest BCUT2D eigenvalue weighted by molar-refractivity contribution is -0.304. The SMILES string of the molecule is CC1(C)CCC(C)(C)c2cc3c(cc21)CCC=C3CC(=O)[O-]. The number of carbonyl (C=O) groups excluding carboxylic acids is 1. The number of aliphatic carboxylic acids is 1. The van der Waals surface area contributed by atoms with Crippen LogP contribution >= 0.6 is 0 Å². The molecule has 0 atom stereocenters. The van der Waals surface area contributed by atoms with Gasteiger partial charge in [-0.3, -0.25) is 0 Å². The third-order valence-corrected chi connectivity index (χ3v) is 5.56. The summed E-state index contributed by atoms with van der Waals surface area (Å²) in [6, 6.07) is 4.63. The number of aryl methyl sites for hydroxylation is 1. The standard InChI is InChI=1S/C20H26O2/c1-19(2)8-9-20(3,4)17-12-15-13(10-16(17)19)6-5-7-14(15)11-18(21)22/h7,10,12H,5-6,8-9,11H2,1-4H3,(H,21,22)/p-1. The Morgan fingerprint density at radius 2 is 1.68 bits per heavy atom. The van der Waals surface area contributed by atoms with Crippen LogP contribution in [0.15, 0.2) is 18.2 Å². The molecule has 0 heterocycles. The van der Waals surface area contributed by atoms with Gasteiger partial charge in [-0.2, -0.15) is 0 Å². The summed E-state index contributed by atoms with van der Waals surface area (Å²) < 4.78 is 0. The zero-order chi connectivity index (χ0) is 16.1. The molecule has 2 aliphatic rings. The highest BCUT2D eigenvalue weighted by atomic mass is 16.4. The summed E-state index contributed by atoms with van der Waals surface area (Å²) in [6.45, 7) is 9.26. The second-order valence-electron chi connectivity index (χ2n) is 8.14. The van der Waals surface area contributed by atoms with Crippen LogP contribution in [0.25, 0.3) is 5.57 Å². The van der Waals surface area contributed by atoms with Crippen molar-refractivity contribution in [3.63, 3.8) is 0 Å². The number of hydrogen-bond donors (Lipinski definition) is 0. The van der Waals surface area contributed by atoms with Gasteiger partial charge >= 0.3 is 0 Å². The average Bonchev–Trinajstić information content (AvgIpc) is 2.43. The molecule has 0 fully saturated rings. The first-order chi connectivity index (χ1) is 10.2. The number of carbonyl (C=O) groups is 1. The van der Waals surface area contributed by atoms with Crippen molar-refractivity contribution in [2.75, 3.05) is 0 Å². The van der Waals surface area contributed by atoms with E-state index in [9.17, 15) is 9.90 Å². The molecule has 0 spiro atoms. The van der Waals surface area contributed by atoms with Crippen LogP contribution in [-0.2, 0) is 22.0 Å². The van der Waals surface area contributed by atoms with E-state index in [2.05, 4.69) is 45.9 Å². The molecule has 118 valence electrons. The molecule has 22 heavy (non-hydrogen) atoms. The Bertz CT molecular complexity index is 663. The van der Waals surface area contributed by atoms with Gasteiger partial charge in [0.2, 0.25) is 0 Å². The summed E-state index contributed by atoms with van der Waals surface area (Å²) in [5.74, 6) is -0.989. The predicted molar refractivity (Wildman–Crippen MR) is 87.7 cm³/mol. The topological polar surface area (TPSA) is 40.1 Å². The number of rotatable bonds is 2. The van der Waals surface area contributed by atoms with E-state index in [1.807, 2.05) is 0 Å². The zero-order valence-electron chi connectivity index (χ0n) is 14.1. The molecule has 1 aromatic rings. The molecule has 0 saturated heterocycles. The molecule has 0 N–H and O–H groups in total. The van der Waals surface area contributed by atoms with Crippen molar-refractivity contribution in [2.45, 2.75) is 70.6 Å². The lowest BCUT2D eigenvalue weighted by atomic mass is 9.62. The van der Waals surface area contributed by atoms with Crippen LogP contribution in [0.1, 0.15) is 75.6 Å². The fraction of sp³-hybridized carbons (Fsp3) is 0.550. The molecular weight excluding hydrogens is 272 g/mol. The number of benzene rings is 1. The van der Waals surface area contributed by atoms with Crippen LogP contribution in [0.2, 0.25) is 0 Å². The number of allylic oxidation sites excluding steroid dienone is 1. The summed E-state index contributed by atoms with van der Waals surface area (Å²) in [7, 11) is 0. The van der Waals surface area contributed by atoms with Gasteiger partial charge in [0.05, 0.1) is 0 Å². The molecule has 0 unspecified atom stereocenters. The van der Waals surface area contributed by atoms with E-state index < -0.39 is 5.97 Å². The smallest absolute Gasteiger partial charge is 0.0458 e. The molecule has 2 heteroatoms. The van der Waals surface area contributed by atoms with Crippen molar-refractivity contribution >= 4 is 11.5 Å². The van der Waals surface area contributed by atoms with Crippen LogP contribution in [0.4, 0.5) is 0 Å². The summed E-state index contributed by atoms with van der Waals surface area (Å²) in [5, 5.41) is 11.0. The van der Waals surface area contributed by atoms with E-state index in [-0.39, 0.29) is 17.3 Å². The third-order valence-electron chi connectivity index (χ3n) is 5.56. The monoisotopic (exact) mass is 297 g/mol. The Labute approximate surface area is 133 Å². The average molecular weight is 297 g/mol. The summed E-state index contributed by atoms with van der Waals surface area (Å²) in [5.41, 5.74) is 6.59. The van der Waals surface area contributed by atoms with Crippen molar-refractivity contribution in [3.8, 4) is 0 Å². The minimum atomic E-state index is -0.989. The molecule has 1 aromatic carbocycles. The first-order valence-electron chi connectivity index (χ1n) is 8.28. The summed E-state index contributed by atoms with van der Waals surface area (Å²) in [6.07, 6.45) is 6.41. The zero-order valence-corrected chi connectivity index (χ0v) is 14.1. The largest absolute Gasteiger partial charge is 0.550 e. The van der Waals surface area contributed by atoms with Gasteiger partial charge in [-0.05, 0) is 64.3 Å². The molecule has 0 saturated carbocycles. The number of fused-ring (bicyclic) bond motifs is 2. The quantitative estimate of drug-likeness (QED) is 0.838. The normalized spacial score (nSPS) is 21.5. The second-order valence-corrected chi connectivity index (χ2v) is 8.14. The van der Waals surface area contributed by atoms with E-state index in [1.54, 1.807) is 0 Å². The maximum atomic E-state index is 11.0. The Morgan fingerprint density at radius 1 is 1.09 bits per heavy atom. The second kappa shape index (κ2) is 4.97. The lowest BCUT2D eigenvalue weighted by Crippen LogP contribution is -2.34. The Morgan fingerprint density at radius 3 is 2.27 bits per heavy atom. The Kier molecular flexibility index (Phi) is 3.47. The highest BCUT2D eigenvalue weighted by Crippen LogP contribution is 2.48. The van der Waals surface area contributed by atoms with Crippen molar-refractivity contribution in [1.29, 1.82) is 0 Å². The predicted octanol–water partition coefficient (Wildman–Crippen LogP) is 3.51. The van der Waals surface area contributed by atoms with Crippen LogP contribution in [0.3, 0.4) is 0 Å². The van der Waals surface area contributed by atoms with Crippen LogP contribution in [0, 0.1) is 0 Å². The highest BCUT2D eigenvalue weighted by molar-refractivity contribution is 5.85. The molecule has 0 aliphatic heterocycles. The van der Waals surface area contributed by atoms with Gasteiger partial charge in [0.1, 0.15) is 0 Å². The molecule has 0 radical (unpaired) electrons. The summed E-state index contributed by atoms with van der Waals surface area (Å²) >= 11 is 0. The van der Waals surface area contributed by atoms with Gasteiger partial charge in [0, 0.05) is 12.4 Å². The first kappa shape index (κ1) is 15.3. The van der Waals surface area contributed by atoms with Gasteiger partial charge < -0.3 is 9.90 Å². The minimum absolute atomic E-state index is 0.0234. The Hall–Kier alpha value is -1.57. The number of carboxylic acid groups (broad SMARTS) is 1. The molecule has 2 aliphatic carbocycles. The van der Waals surface area contributed by atoms with Gasteiger partial charge in [-0.25, -0.2) is 0 Å². The number of carboxylic acids is 1. The van der Waals surface area contributed by atoms with Gasteiger partial charge in [0.25, 0.3) is 0 Å². The van der Waals surface area contributed by atoms with Crippen molar-refractivity contribution in [2.24, 2.45) is 0 Å². The summed E-state index contributed by atoms with van der Waals surface area (Å²) in [4.78, 5) is 11.0. The maximum absolute atomic E-state index is 11.0. The van der Waals surface area contributed by atoms with Gasteiger partial charge in [-0.1, -0.05) is 45.9 Å². The fourth-order valence-electron chi connectivity index (χ4n) is 4.00. The number of hydrogen-bond acceptors (Lipinski definition) is 2. The van der Waals surface area contributed by atoms with Crippen molar-refractivity contribution in [1.82, 2.24) is 0 Å². The first-order valence-corrected chi connectivity index (χ1v) is 8.28. The molecule has 0 amide bonds. The van der Waals surface area contributed by atoms with E-state index in [0.717, 1.165) is 24.0 Å². The van der Waals surface area contributed by atoms with Crippen LogP contribution in [0.5, 0.6) is 0 Å². The maximum Gasteiger partial charge on any atom is 0.0458 e. The van der Waals surface area contributed by atoms with E-state index in [1.165, 1.54) is 29.5 Å². The minimum Gasteiger partial charge on any atom is -0.550 e. The molecule has 3 rings (SSSR count). The van der Waals surface area contributed by atoms with Gasteiger partial charge in [-0.15, -0.1) is 0 Å². The van der Waals surface area contributed by atoms with Crippen molar-refractivity contribution < 1.29 is 9.90 Å². The molecule has 0 bridgehead atoms. The fourth-order valence-corrected chi connectivity index (χ4v) is 4.00. The molecular formula is C20H25O2-. The molecule has 2 nitrogen and oxygen atoms in total. The van der Waals surface area contributed by atoms with E-state index in [4.69, 9.17) is 0 Å². The van der Waals surface area contributed by atoms with Crippen LogP contribution < -0.4 is 5.11 Å². The van der Waals surface area contributed by atoms with E-state index >= 15 is 0 Å². The van der Waals surface area contributed by atoms with Crippen LogP contribution in [-0.4, -0.2) is 5.97 Å². The Balaban J connectivity index is 2.17. The molecule has 0 aromatic heterocycles. The van der Waals surface area contributed by atoms with Crippen molar-refractivity contribution in [3.05, 3.63) is 40.5 Å². The highest BCUT2D eigenvalue weighted by Gasteiger charge is 2.37. The third kappa shape index (κ3) is 2.49.